The lowest BCUT2D eigenvalue weighted by atomic mass is 9.98. The molecule has 0 aliphatic carbocycles. The van der Waals surface area contributed by atoms with Gasteiger partial charge >= 0.3 is 0 Å². The van der Waals surface area contributed by atoms with Crippen LogP contribution in [-0.4, -0.2) is 45.7 Å². The molecule has 0 radical (unpaired) electrons. The van der Waals surface area contributed by atoms with Gasteiger partial charge in [-0.1, -0.05) is 43.3 Å². The first-order valence-electron chi connectivity index (χ1n) is 9.83. The fourth-order valence-corrected chi connectivity index (χ4v) is 3.12. The third kappa shape index (κ3) is 7.24. The Kier molecular flexibility index (Phi) is 8.82. The lowest BCUT2D eigenvalue weighted by Gasteiger charge is -2.16. The van der Waals surface area contributed by atoms with E-state index in [1.54, 1.807) is 7.11 Å². The van der Waals surface area contributed by atoms with Crippen LogP contribution < -0.4 is 15.4 Å². The van der Waals surface area contributed by atoms with Crippen molar-refractivity contribution in [1.29, 1.82) is 0 Å². The maximum absolute atomic E-state index is 5.23. The van der Waals surface area contributed by atoms with Crippen LogP contribution in [0.3, 0.4) is 0 Å². The van der Waals surface area contributed by atoms with Gasteiger partial charge in [0, 0.05) is 26.7 Å². The number of rotatable bonds is 9. The highest BCUT2D eigenvalue weighted by molar-refractivity contribution is 5.79. The van der Waals surface area contributed by atoms with Gasteiger partial charge in [-0.25, -0.2) is 0 Å². The molecule has 5 nitrogen and oxygen atoms in total. The smallest absolute Gasteiger partial charge is 0.191 e. The summed E-state index contributed by atoms with van der Waals surface area (Å²) < 4.78 is 5.23. The van der Waals surface area contributed by atoms with Crippen molar-refractivity contribution in [1.82, 2.24) is 15.5 Å². The molecule has 0 saturated heterocycles. The first kappa shape index (κ1) is 21.8. The monoisotopic (exact) mass is 382 g/mol. The minimum atomic E-state index is 0.472. The summed E-state index contributed by atoms with van der Waals surface area (Å²) in [5.41, 5.74) is 3.90. The lowest BCUT2D eigenvalue weighted by Crippen LogP contribution is -2.37. The van der Waals surface area contributed by atoms with Gasteiger partial charge in [-0.05, 0) is 55.3 Å². The van der Waals surface area contributed by atoms with Crippen LogP contribution in [0, 0.1) is 0 Å². The predicted molar refractivity (Wildman–Crippen MR) is 118 cm³/mol. The molecule has 28 heavy (non-hydrogen) atoms. The van der Waals surface area contributed by atoms with Crippen molar-refractivity contribution in [3.8, 4) is 5.75 Å². The van der Waals surface area contributed by atoms with Gasteiger partial charge in [-0.2, -0.15) is 0 Å². The molecule has 152 valence electrons. The Morgan fingerprint density at radius 1 is 1.07 bits per heavy atom. The van der Waals surface area contributed by atoms with Gasteiger partial charge in [0.1, 0.15) is 5.75 Å². The van der Waals surface area contributed by atoms with Crippen molar-refractivity contribution < 1.29 is 4.74 Å². The molecule has 0 saturated carbocycles. The Hall–Kier alpha value is -2.53. The fourth-order valence-electron chi connectivity index (χ4n) is 3.12. The van der Waals surface area contributed by atoms with E-state index in [-0.39, 0.29) is 0 Å². The second-order valence-corrected chi connectivity index (χ2v) is 7.37. The van der Waals surface area contributed by atoms with E-state index in [1.165, 1.54) is 16.7 Å². The summed E-state index contributed by atoms with van der Waals surface area (Å²) in [5, 5.41) is 6.82. The molecular formula is C23H34N4O. The van der Waals surface area contributed by atoms with Crippen molar-refractivity contribution in [3.63, 3.8) is 0 Å². The number of hydrogen-bond donors (Lipinski definition) is 2. The molecule has 0 bridgehead atoms. The highest BCUT2D eigenvalue weighted by Crippen LogP contribution is 2.21. The first-order valence-corrected chi connectivity index (χ1v) is 9.83. The summed E-state index contributed by atoms with van der Waals surface area (Å²) in [6.07, 6.45) is 1.03. The van der Waals surface area contributed by atoms with Gasteiger partial charge < -0.3 is 20.3 Å². The SMILES string of the molecule is CN=C(NCCC(C)c1ccc(OC)cc1)NCc1cccc(CN(C)C)c1. The van der Waals surface area contributed by atoms with Crippen LogP contribution in [-0.2, 0) is 13.1 Å². The average Bonchev–Trinajstić information content (AvgIpc) is 2.70. The van der Waals surface area contributed by atoms with E-state index in [0.717, 1.165) is 37.8 Å². The molecule has 2 aromatic carbocycles. The molecule has 0 amide bonds. The molecule has 2 N–H and O–H groups in total. The minimum Gasteiger partial charge on any atom is -0.497 e. The standard InChI is InChI=1S/C23H34N4O/c1-18(21-9-11-22(28-5)12-10-21)13-14-25-23(24-2)26-16-19-7-6-8-20(15-19)17-27(3)4/h6-12,15,18H,13-14,16-17H2,1-5H3,(H2,24,25,26). The zero-order valence-corrected chi connectivity index (χ0v) is 17.8. The molecule has 2 rings (SSSR count). The Labute approximate surface area is 169 Å². The lowest BCUT2D eigenvalue weighted by molar-refractivity contribution is 0.402. The largest absolute Gasteiger partial charge is 0.497 e. The van der Waals surface area contributed by atoms with Crippen molar-refractivity contribution in [3.05, 3.63) is 65.2 Å². The summed E-state index contributed by atoms with van der Waals surface area (Å²) in [5.74, 6) is 2.20. The van der Waals surface area contributed by atoms with Crippen LogP contribution in [0.2, 0.25) is 0 Å². The molecule has 2 aromatic rings. The van der Waals surface area contributed by atoms with Gasteiger partial charge in [0.2, 0.25) is 0 Å². The van der Waals surface area contributed by atoms with Gasteiger partial charge in [0.25, 0.3) is 0 Å². The number of nitrogens with zero attached hydrogens (tertiary/aromatic N) is 2. The molecule has 1 unspecified atom stereocenters. The Morgan fingerprint density at radius 2 is 1.79 bits per heavy atom. The van der Waals surface area contributed by atoms with Crippen molar-refractivity contribution in [2.24, 2.45) is 4.99 Å². The average molecular weight is 383 g/mol. The zero-order chi connectivity index (χ0) is 20.4. The molecule has 0 spiro atoms. The maximum Gasteiger partial charge on any atom is 0.191 e. The van der Waals surface area contributed by atoms with Crippen molar-refractivity contribution >= 4 is 5.96 Å². The van der Waals surface area contributed by atoms with E-state index in [1.807, 2.05) is 19.2 Å². The van der Waals surface area contributed by atoms with Crippen LogP contribution >= 0.6 is 0 Å². The summed E-state index contributed by atoms with van der Waals surface area (Å²) in [6, 6.07) is 17.0. The highest BCUT2D eigenvalue weighted by Gasteiger charge is 2.07. The summed E-state index contributed by atoms with van der Waals surface area (Å²) >= 11 is 0. The number of nitrogens with one attached hydrogen (secondary N) is 2. The first-order chi connectivity index (χ1) is 13.5. The molecule has 0 aliphatic heterocycles. The molecular weight excluding hydrogens is 348 g/mol. The number of guanidine groups is 1. The quantitative estimate of drug-likeness (QED) is 0.514. The van der Waals surface area contributed by atoms with Crippen molar-refractivity contribution in [2.45, 2.75) is 32.4 Å². The van der Waals surface area contributed by atoms with Crippen LogP contribution in [0.5, 0.6) is 5.75 Å². The molecule has 1 atom stereocenters. The van der Waals surface area contributed by atoms with E-state index in [4.69, 9.17) is 4.74 Å². The number of benzene rings is 2. The number of methoxy groups -OCH3 is 1. The summed E-state index contributed by atoms with van der Waals surface area (Å²) in [6.45, 7) is 4.82. The maximum atomic E-state index is 5.23. The van der Waals surface area contributed by atoms with E-state index in [9.17, 15) is 0 Å². The van der Waals surface area contributed by atoms with E-state index < -0.39 is 0 Å². The third-order valence-electron chi connectivity index (χ3n) is 4.73. The molecule has 0 aliphatic rings. The van der Waals surface area contributed by atoms with Crippen LogP contribution in [0.1, 0.15) is 36.0 Å². The van der Waals surface area contributed by atoms with Crippen LogP contribution in [0.15, 0.2) is 53.5 Å². The van der Waals surface area contributed by atoms with Gasteiger partial charge in [-0.15, -0.1) is 0 Å². The molecule has 0 heterocycles. The molecule has 0 fully saturated rings. The molecule has 5 heteroatoms. The predicted octanol–water partition coefficient (Wildman–Crippen LogP) is 3.62. The fraction of sp³-hybridized carbons (Fsp3) is 0.435. The molecule has 0 aromatic heterocycles. The van der Waals surface area contributed by atoms with Crippen LogP contribution in [0.4, 0.5) is 0 Å². The van der Waals surface area contributed by atoms with Gasteiger partial charge in [0.05, 0.1) is 7.11 Å². The number of hydrogen-bond acceptors (Lipinski definition) is 3. The minimum absolute atomic E-state index is 0.472. The normalized spacial score (nSPS) is 12.7. The van der Waals surface area contributed by atoms with Gasteiger partial charge in [0.15, 0.2) is 5.96 Å². The van der Waals surface area contributed by atoms with Crippen molar-refractivity contribution in [2.75, 3.05) is 34.8 Å². The Balaban J connectivity index is 1.78. The number of ether oxygens (including phenoxy) is 1. The Bertz CT molecular complexity index is 741. The summed E-state index contributed by atoms with van der Waals surface area (Å²) in [7, 11) is 7.68. The second-order valence-electron chi connectivity index (χ2n) is 7.37. The second kappa shape index (κ2) is 11.3. The van der Waals surface area contributed by atoms with Gasteiger partial charge in [-0.3, -0.25) is 4.99 Å². The van der Waals surface area contributed by atoms with E-state index in [0.29, 0.717) is 5.92 Å². The summed E-state index contributed by atoms with van der Waals surface area (Å²) in [4.78, 5) is 6.51. The topological polar surface area (TPSA) is 48.9 Å². The Morgan fingerprint density at radius 3 is 2.43 bits per heavy atom. The zero-order valence-electron chi connectivity index (χ0n) is 17.8. The van der Waals surface area contributed by atoms with E-state index >= 15 is 0 Å². The van der Waals surface area contributed by atoms with Crippen LogP contribution in [0.25, 0.3) is 0 Å². The highest BCUT2D eigenvalue weighted by atomic mass is 16.5. The van der Waals surface area contributed by atoms with E-state index in [2.05, 4.69) is 77.9 Å². The number of aliphatic imine (C=N–C) groups is 1. The third-order valence-corrected chi connectivity index (χ3v) is 4.73.